The van der Waals surface area contributed by atoms with Crippen LogP contribution in [0, 0.1) is 0 Å². The molecule has 0 N–H and O–H groups in total. The molecule has 2 heterocycles. The molecule has 0 spiro atoms. The summed E-state index contributed by atoms with van der Waals surface area (Å²) in [5.41, 5.74) is 1.64. The Morgan fingerprint density at radius 3 is 2.21 bits per heavy atom. The number of thiazole rings is 1. The fourth-order valence-corrected chi connectivity index (χ4v) is 4.84. The number of rotatable bonds is 6. The van der Waals surface area contributed by atoms with Gasteiger partial charge in [-0.25, -0.2) is 4.98 Å². The highest BCUT2D eigenvalue weighted by Gasteiger charge is 2.20. The Labute approximate surface area is 173 Å². The normalized spacial score (nSPS) is 10.9. The zero-order valence-corrected chi connectivity index (χ0v) is 18.4. The number of thiophene rings is 1. The van der Waals surface area contributed by atoms with Crippen LogP contribution in [-0.2, 0) is 6.54 Å². The topological polar surface area (TPSA) is 56.8 Å². The van der Waals surface area contributed by atoms with Gasteiger partial charge in [0.1, 0.15) is 4.83 Å². The second kappa shape index (κ2) is 8.28. The second-order valence-corrected chi connectivity index (χ2v) is 8.93. The molecule has 0 saturated heterocycles. The lowest BCUT2D eigenvalue weighted by Crippen LogP contribution is -2.29. The van der Waals surface area contributed by atoms with Crippen molar-refractivity contribution in [2.24, 2.45) is 0 Å². The molecule has 0 fully saturated rings. The van der Waals surface area contributed by atoms with Crippen molar-refractivity contribution in [2.45, 2.75) is 13.5 Å². The number of benzene rings is 1. The van der Waals surface area contributed by atoms with Crippen LogP contribution in [0.3, 0.4) is 0 Å². The fourth-order valence-electron chi connectivity index (χ4n) is 2.73. The fraction of sp³-hybridized carbons (Fsp3) is 0.350. The lowest BCUT2D eigenvalue weighted by Gasteiger charge is -2.20. The Morgan fingerprint density at radius 2 is 1.68 bits per heavy atom. The molecule has 28 heavy (non-hydrogen) atoms. The number of hydrogen-bond donors (Lipinski definition) is 0. The van der Waals surface area contributed by atoms with Gasteiger partial charge in [-0.1, -0.05) is 23.5 Å². The maximum atomic E-state index is 13.0. The Bertz CT molecular complexity index is 958. The molecule has 0 saturated carbocycles. The third-order valence-corrected chi connectivity index (χ3v) is 6.64. The van der Waals surface area contributed by atoms with Crippen molar-refractivity contribution in [3.05, 3.63) is 46.3 Å². The van der Waals surface area contributed by atoms with E-state index in [1.54, 1.807) is 30.3 Å². The van der Waals surface area contributed by atoms with E-state index in [9.17, 15) is 9.59 Å². The van der Waals surface area contributed by atoms with Gasteiger partial charge in [-0.2, -0.15) is 0 Å². The molecule has 2 amide bonds. The Morgan fingerprint density at radius 1 is 1.00 bits per heavy atom. The summed E-state index contributed by atoms with van der Waals surface area (Å²) in [4.78, 5) is 36.5. The van der Waals surface area contributed by atoms with Gasteiger partial charge in [-0.05, 0) is 30.7 Å². The van der Waals surface area contributed by atoms with Gasteiger partial charge >= 0.3 is 0 Å². The standard InChI is InChI=1S/C20H24N4O2S2/c1-6-24(12-13-7-9-14(10-8-13)18(25)22(2)3)19(26)16-11-15-17(27-16)21-20(28-15)23(4)5/h7-11H,6,12H2,1-5H3. The van der Waals surface area contributed by atoms with Gasteiger partial charge in [-0.15, -0.1) is 11.3 Å². The third-order valence-electron chi connectivity index (χ3n) is 4.32. The second-order valence-electron chi connectivity index (χ2n) is 6.89. The summed E-state index contributed by atoms with van der Waals surface area (Å²) >= 11 is 3.03. The van der Waals surface area contributed by atoms with Gasteiger partial charge in [0.05, 0.1) is 9.58 Å². The Balaban J connectivity index is 1.74. The maximum absolute atomic E-state index is 13.0. The third kappa shape index (κ3) is 4.18. The highest BCUT2D eigenvalue weighted by atomic mass is 32.1. The first-order valence-corrected chi connectivity index (χ1v) is 10.6. The first-order valence-electron chi connectivity index (χ1n) is 8.97. The van der Waals surface area contributed by atoms with Crippen molar-refractivity contribution in [2.75, 3.05) is 39.6 Å². The number of nitrogens with zero attached hydrogens (tertiary/aromatic N) is 4. The van der Waals surface area contributed by atoms with Gasteiger partial charge in [0.2, 0.25) is 0 Å². The SMILES string of the molecule is CCN(Cc1ccc(C(=O)N(C)C)cc1)C(=O)c1cc2sc(N(C)C)nc2s1. The first kappa shape index (κ1) is 20.3. The summed E-state index contributed by atoms with van der Waals surface area (Å²) in [6.07, 6.45) is 0. The summed E-state index contributed by atoms with van der Waals surface area (Å²) in [6, 6.07) is 9.37. The van der Waals surface area contributed by atoms with Crippen molar-refractivity contribution < 1.29 is 9.59 Å². The predicted octanol–water partition coefficient (Wildman–Crippen LogP) is 3.79. The summed E-state index contributed by atoms with van der Waals surface area (Å²) < 4.78 is 1.04. The summed E-state index contributed by atoms with van der Waals surface area (Å²) in [5.74, 6) is -0.0178. The molecule has 0 bridgehead atoms. The molecule has 6 nitrogen and oxygen atoms in total. The smallest absolute Gasteiger partial charge is 0.264 e. The van der Waals surface area contributed by atoms with Crippen LogP contribution >= 0.6 is 22.7 Å². The van der Waals surface area contributed by atoms with Crippen molar-refractivity contribution >= 4 is 49.1 Å². The quantitative estimate of drug-likeness (QED) is 0.614. The zero-order chi connectivity index (χ0) is 20.4. The molecule has 8 heteroatoms. The van der Waals surface area contributed by atoms with Crippen molar-refractivity contribution in [3.8, 4) is 0 Å². The van der Waals surface area contributed by atoms with Crippen LogP contribution in [0.5, 0.6) is 0 Å². The zero-order valence-electron chi connectivity index (χ0n) is 16.7. The largest absolute Gasteiger partial charge is 0.354 e. The van der Waals surface area contributed by atoms with E-state index in [-0.39, 0.29) is 11.8 Å². The average molecular weight is 417 g/mol. The van der Waals surface area contributed by atoms with E-state index in [1.807, 2.05) is 61.2 Å². The minimum atomic E-state index is -0.0294. The number of carbonyl (C=O) groups excluding carboxylic acids is 2. The Hall–Kier alpha value is -2.45. The summed E-state index contributed by atoms with van der Waals surface area (Å²) in [6.45, 7) is 3.09. The van der Waals surface area contributed by atoms with Gasteiger partial charge in [-0.3, -0.25) is 9.59 Å². The molecule has 3 aromatic rings. The van der Waals surface area contributed by atoms with Gasteiger partial charge in [0.15, 0.2) is 5.13 Å². The van der Waals surface area contributed by atoms with Crippen molar-refractivity contribution in [1.29, 1.82) is 0 Å². The minimum Gasteiger partial charge on any atom is -0.354 e. The van der Waals surface area contributed by atoms with Crippen LogP contribution in [0.15, 0.2) is 30.3 Å². The molecule has 3 rings (SSSR count). The van der Waals surface area contributed by atoms with Crippen LogP contribution in [0.1, 0.15) is 32.5 Å². The predicted molar refractivity (Wildman–Crippen MR) is 117 cm³/mol. The van der Waals surface area contributed by atoms with E-state index < -0.39 is 0 Å². The maximum Gasteiger partial charge on any atom is 0.264 e. The number of carbonyl (C=O) groups is 2. The summed E-state index contributed by atoms with van der Waals surface area (Å²) in [7, 11) is 7.39. The van der Waals surface area contributed by atoms with Gasteiger partial charge < -0.3 is 14.7 Å². The molecule has 0 aliphatic rings. The van der Waals surface area contributed by atoms with Crippen LogP contribution in [0.25, 0.3) is 9.53 Å². The van der Waals surface area contributed by atoms with Gasteiger partial charge in [0, 0.05) is 46.8 Å². The highest BCUT2D eigenvalue weighted by molar-refractivity contribution is 7.29. The molecule has 0 aliphatic carbocycles. The van der Waals surface area contributed by atoms with E-state index in [1.165, 1.54) is 11.3 Å². The molecule has 2 aromatic heterocycles. The molecule has 0 aliphatic heterocycles. The number of hydrogen-bond acceptors (Lipinski definition) is 6. The summed E-state index contributed by atoms with van der Waals surface area (Å²) in [5, 5.41) is 0.944. The van der Waals surface area contributed by atoms with Crippen molar-refractivity contribution in [1.82, 2.24) is 14.8 Å². The number of anilines is 1. The molecule has 148 valence electrons. The average Bonchev–Trinajstić information content (AvgIpc) is 3.24. The molecular formula is C20H24N4O2S2. The molecule has 0 unspecified atom stereocenters. The number of amides is 2. The first-order chi connectivity index (χ1) is 13.3. The van der Waals surface area contributed by atoms with E-state index in [4.69, 9.17) is 0 Å². The molecule has 1 aromatic carbocycles. The number of aromatic nitrogens is 1. The number of fused-ring (bicyclic) bond motifs is 1. The van der Waals surface area contributed by atoms with Crippen LogP contribution in [0.4, 0.5) is 5.13 Å². The monoisotopic (exact) mass is 416 g/mol. The highest BCUT2D eigenvalue weighted by Crippen LogP contribution is 2.34. The molecule has 0 atom stereocenters. The molecule has 0 radical (unpaired) electrons. The van der Waals surface area contributed by atoms with Crippen LogP contribution in [0.2, 0.25) is 0 Å². The minimum absolute atomic E-state index is 0.0116. The lowest BCUT2D eigenvalue weighted by atomic mass is 10.1. The van der Waals surface area contributed by atoms with E-state index >= 15 is 0 Å². The van der Waals surface area contributed by atoms with Crippen LogP contribution < -0.4 is 4.90 Å². The van der Waals surface area contributed by atoms with E-state index in [0.717, 1.165) is 20.2 Å². The lowest BCUT2D eigenvalue weighted by molar-refractivity contribution is 0.0756. The van der Waals surface area contributed by atoms with Crippen molar-refractivity contribution in [3.63, 3.8) is 0 Å². The van der Waals surface area contributed by atoms with E-state index in [0.29, 0.717) is 23.5 Å². The van der Waals surface area contributed by atoms with Crippen LogP contribution in [-0.4, -0.2) is 61.3 Å². The van der Waals surface area contributed by atoms with E-state index in [2.05, 4.69) is 4.98 Å². The molecular weight excluding hydrogens is 392 g/mol. The Kier molecular flexibility index (Phi) is 6.00. The van der Waals surface area contributed by atoms with Gasteiger partial charge in [0.25, 0.3) is 11.8 Å².